The fourth-order valence-electron chi connectivity index (χ4n) is 2.62. The molecule has 0 radical (unpaired) electrons. The van der Waals surface area contributed by atoms with Gasteiger partial charge in [0.15, 0.2) is 0 Å². The minimum absolute atomic E-state index is 0.308. The quantitative estimate of drug-likeness (QED) is 0.754. The molecule has 4 nitrogen and oxygen atoms in total. The van der Waals surface area contributed by atoms with Gasteiger partial charge in [-0.15, -0.1) is 0 Å². The van der Waals surface area contributed by atoms with Crippen LogP contribution in [0.3, 0.4) is 0 Å². The highest BCUT2D eigenvalue weighted by atomic mass is 16.5. The second-order valence-corrected chi connectivity index (χ2v) is 4.30. The average Bonchev–Trinajstić information content (AvgIpc) is 2.67. The van der Waals surface area contributed by atoms with Gasteiger partial charge in [-0.1, -0.05) is 12.1 Å². The van der Waals surface area contributed by atoms with E-state index in [0.717, 1.165) is 24.3 Å². The molecule has 0 aromatic heterocycles. The summed E-state index contributed by atoms with van der Waals surface area (Å²) >= 11 is 0. The zero-order valence-corrected chi connectivity index (χ0v) is 8.77. The lowest BCUT2D eigenvalue weighted by Crippen LogP contribution is -2.30. The molecule has 0 aliphatic carbocycles. The van der Waals surface area contributed by atoms with Gasteiger partial charge in [-0.25, -0.2) is 4.79 Å². The maximum absolute atomic E-state index is 11.1. The number of fused-ring (bicyclic) bond motifs is 3. The third-order valence-electron chi connectivity index (χ3n) is 3.41. The highest BCUT2D eigenvalue weighted by Crippen LogP contribution is 2.41. The van der Waals surface area contributed by atoms with Crippen LogP contribution in [-0.2, 0) is 4.74 Å². The molecule has 1 aromatic rings. The number of benzene rings is 1. The molecule has 0 amide bonds. The maximum atomic E-state index is 11.1. The summed E-state index contributed by atoms with van der Waals surface area (Å²) in [6.07, 6.45) is 0.943. The number of hydrogen-bond donors (Lipinski definition) is 2. The van der Waals surface area contributed by atoms with Crippen molar-refractivity contribution in [1.29, 1.82) is 0 Å². The molecule has 2 aliphatic rings. The summed E-state index contributed by atoms with van der Waals surface area (Å²) in [6, 6.07) is 5.78. The Labute approximate surface area is 93.2 Å². The summed E-state index contributed by atoms with van der Waals surface area (Å²) in [7, 11) is 0. The second-order valence-electron chi connectivity index (χ2n) is 4.30. The Kier molecular flexibility index (Phi) is 2.11. The summed E-state index contributed by atoms with van der Waals surface area (Å²) < 4.78 is 5.45. The van der Waals surface area contributed by atoms with Crippen LogP contribution < -0.4 is 5.32 Å². The Morgan fingerprint density at radius 2 is 2.38 bits per heavy atom. The van der Waals surface area contributed by atoms with Gasteiger partial charge in [-0.2, -0.15) is 0 Å². The van der Waals surface area contributed by atoms with Gasteiger partial charge >= 0.3 is 5.97 Å². The van der Waals surface area contributed by atoms with E-state index in [1.807, 2.05) is 6.07 Å². The number of para-hydroxylation sites is 1. The van der Waals surface area contributed by atoms with Crippen LogP contribution in [0.25, 0.3) is 0 Å². The minimum Gasteiger partial charge on any atom is -0.478 e. The van der Waals surface area contributed by atoms with Gasteiger partial charge in [0.05, 0.1) is 17.9 Å². The van der Waals surface area contributed by atoms with Crippen LogP contribution in [0.4, 0.5) is 5.69 Å². The molecule has 0 bridgehead atoms. The standard InChI is InChI=1S/C12H13NO3/c14-12(15)8-3-1-2-7-9-6-16-5-4-10(9)13-11(7)8/h1-3,9-10,13H,4-6H2,(H,14,15). The first-order valence-electron chi connectivity index (χ1n) is 5.48. The third-order valence-corrected chi connectivity index (χ3v) is 3.41. The molecular weight excluding hydrogens is 206 g/mol. The van der Waals surface area contributed by atoms with E-state index >= 15 is 0 Å². The van der Waals surface area contributed by atoms with Crippen LogP contribution in [-0.4, -0.2) is 30.3 Å². The summed E-state index contributed by atoms with van der Waals surface area (Å²) in [4.78, 5) is 11.1. The van der Waals surface area contributed by atoms with Crippen molar-refractivity contribution in [2.75, 3.05) is 18.5 Å². The number of hydrogen-bond acceptors (Lipinski definition) is 3. The van der Waals surface area contributed by atoms with Gasteiger partial charge in [-0.05, 0) is 18.1 Å². The Hall–Kier alpha value is -1.55. The van der Waals surface area contributed by atoms with E-state index in [1.54, 1.807) is 12.1 Å². The summed E-state index contributed by atoms with van der Waals surface area (Å²) in [5, 5.41) is 12.4. The molecule has 3 rings (SSSR count). The molecule has 4 heteroatoms. The zero-order chi connectivity index (χ0) is 11.1. The Balaban J connectivity index is 2.07. The molecule has 0 saturated carbocycles. The largest absolute Gasteiger partial charge is 0.478 e. The Morgan fingerprint density at radius 1 is 1.50 bits per heavy atom. The van der Waals surface area contributed by atoms with Gasteiger partial charge < -0.3 is 15.2 Å². The Bertz CT molecular complexity index is 444. The molecule has 1 aromatic carbocycles. The van der Waals surface area contributed by atoms with Gasteiger partial charge in [0, 0.05) is 18.6 Å². The number of anilines is 1. The van der Waals surface area contributed by atoms with Crippen molar-refractivity contribution in [2.24, 2.45) is 0 Å². The van der Waals surface area contributed by atoms with Gasteiger partial charge in [0.2, 0.25) is 0 Å². The fourth-order valence-corrected chi connectivity index (χ4v) is 2.62. The number of carboxylic acid groups (broad SMARTS) is 1. The van der Waals surface area contributed by atoms with E-state index in [-0.39, 0.29) is 0 Å². The van der Waals surface area contributed by atoms with Crippen molar-refractivity contribution in [3.8, 4) is 0 Å². The van der Waals surface area contributed by atoms with Gasteiger partial charge in [0.25, 0.3) is 0 Å². The normalized spacial score (nSPS) is 26.8. The summed E-state index contributed by atoms with van der Waals surface area (Å²) in [6.45, 7) is 1.44. The van der Waals surface area contributed by atoms with Crippen LogP contribution >= 0.6 is 0 Å². The smallest absolute Gasteiger partial charge is 0.337 e. The summed E-state index contributed by atoms with van der Waals surface area (Å²) in [5.74, 6) is -0.563. The maximum Gasteiger partial charge on any atom is 0.337 e. The van der Waals surface area contributed by atoms with E-state index in [9.17, 15) is 4.79 Å². The van der Waals surface area contributed by atoms with E-state index in [0.29, 0.717) is 24.1 Å². The molecule has 16 heavy (non-hydrogen) atoms. The van der Waals surface area contributed by atoms with Crippen LogP contribution in [0.15, 0.2) is 18.2 Å². The number of rotatable bonds is 1. The molecule has 0 spiro atoms. The lowest BCUT2D eigenvalue weighted by atomic mass is 9.92. The van der Waals surface area contributed by atoms with Crippen molar-refractivity contribution < 1.29 is 14.6 Å². The second kappa shape index (κ2) is 3.49. The zero-order valence-electron chi connectivity index (χ0n) is 8.77. The van der Waals surface area contributed by atoms with Crippen molar-refractivity contribution in [3.63, 3.8) is 0 Å². The fraction of sp³-hybridized carbons (Fsp3) is 0.417. The SMILES string of the molecule is O=C(O)c1cccc2c1NC1CCOCC21. The number of nitrogens with one attached hydrogen (secondary N) is 1. The van der Waals surface area contributed by atoms with Gasteiger partial charge in [-0.3, -0.25) is 0 Å². The van der Waals surface area contributed by atoms with Crippen molar-refractivity contribution in [3.05, 3.63) is 29.3 Å². The molecule has 1 saturated heterocycles. The molecule has 2 N–H and O–H groups in total. The van der Waals surface area contributed by atoms with Crippen molar-refractivity contribution in [1.82, 2.24) is 0 Å². The number of carbonyl (C=O) groups is 1. The van der Waals surface area contributed by atoms with E-state index < -0.39 is 5.97 Å². The molecule has 2 aliphatic heterocycles. The van der Waals surface area contributed by atoms with Crippen molar-refractivity contribution in [2.45, 2.75) is 18.4 Å². The lowest BCUT2D eigenvalue weighted by Gasteiger charge is -2.25. The number of carboxylic acids is 1. The van der Waals surface area contributed by atoms with E-state index in [2.05, 4.69) is 5.32 Å². The predicted octanol–water partition coefficient (Wildman–Crippen LogP) is 1.68. The van der Waals surface area contributed by atoms with Crippen molar-refractivity contribution >= 4 is 11.7 Å². The summed E-state index contributed by atoms with van der Waals surface area (Å²) in [5.41, 5.74) is 2.24. The third kappa shape index (κ3) is 1.30. The van der Waals surface area contributed by atoms with E-state index in [1.165, 1.54) is 0 Å². The number of aromatic carboxylic acids is 1. The molecule has 84 valence electrons. The molecular formula is C12H13NO3. The average molecular weight is 219 g/mol. The molecule has 2 heterocycles. The van der Waals surface area contributed by atoms with Crippen LogP contribution in [0, 0.1) is 0 Å². The monoisotopic (exact) mass is 219 g/mol. The van der Waals surface area contributed by atoms with Crippen LogP contribution in [0.5, 0.6) is 0 Å². The minimum atomic E-state index is -0.871. The highest BCUT2D eigenvalue weighted by Gasteiger charge is 2.36. The predicted molar refractivity (Wildman–Crippen MR) is 59.0 cm³/mol. The molecule has 1 fully saturated rings. The highest BCUT2D eigenvalue weighted by molar-refractivity contribution is 5.96. The molecule has 2 unspecified atom stereocenters. The first-order chi connectivity index (χ1) is 7.77. The van der Waals surface area contributed by atoms with Crippen LogP contribution in [0.1, 0.15) is 28.3 Å². The first kappa shape index (κ1) is 9.66. The number of ether oxygens (including phenoxy) is 1. The van der Waals surface area contributed by atoms with E-state index in [4.69, 9.17) is 9.84 Å². The lowest BCUT2D eigenvalue weighted by molar-refractivity contribution is 0.0698. The Morgan fingerprint density at radius 3 is 3.19 bits per heavy atom. The van der Waals surface area contributed by atoms with Crippen LogP contribution in [0.2, 0.25) is 0 Å². The first-order valence-corrected chi connectivity index (χ1v) is 5.48. The molecule has 2 atom stereocenters. The van der Waals surface area contributed by atoms with Gasteiger partial charge in [0.1, 0.15) is 0 Å². The topological polar surface area (TPSA) is 58.6 Å².